The van der Waals surface area contributed by atoms with E-state index in [-0.39, 0.29) is 6.54 Å². The Bertz CT molecular complexity index is 566. The molecule has 180 valence electrons. The number of nitrogens with two attached hydrogens (primary N) is 2. The fourth-order valence-corrected chi connectivity index (χ4v) is 2.94. The molecular formula is C14H27N5O12. The number of rotatable bonds is 6. The van der Waals surface area contributed by atoms with Crippen molar-refractivity contribution in [2.75, 3.05) is 13.2 Å². The molecule has 17 nitrogen and oxygen atoms in total. The van der Waals surface area contributed by atoms with Crippen LogP contribution in [0.15, 0.2) is 0 Å². The first-order valence-electron chi connectivity index (χ1n) is 9.03. The van der Waals surface area contributed by atoms with Gasteiger partial charge in [0.25, 0.3) is 0 Å². The minimum Gasteiger partial charge on any atom is -0.446 e. The number of amides is 3. The second-order valence-corrected chi connectivity index (χ2v) is 6.76. The third kappa shape index (κ3) is 6.08. The highest BCUT2D eigenvalue weighted by Gasteiger charge is 2.50. The van der Waals surface area contributed by atoms with Crippen molar-refractivity contribution in [2.45, 2.75) is 61.4 Å². The fourth-order valence-electron chi connectivity index (χ4n) is 2.94. The standard InChI is InChI=1S/C14H27N5O12/c15-18-13(26)17-1-3-5(20)7(22)9(24)11(29-3)31-12-10(25)8(23)6(21)4(30-12)2-28-14(27)19-16/h3-12,20-25H,1-2,15-16H2,(H,19,27)(H2,17,18,26)/t3?,4?,5-,6-,7+,8+,9?,10?,11-,12-/m1/s1. The first kappa shape index (κ1) is 25.4. The summed E-state index contributed by atoms with van der Waals surface area (Å²) in [5.74, 6) is 9.78. The molecule has 17 heteroatoms. The van der Waals surface area contributed by atoms with Gasteiger partial charge in [0.2, 0.25) is 0 Å². The van der Waals surface area contributed by atoms with Crippen LogP contribution < -0.4 is 27.9 Å². The molecule has 2 saturated heterocycles. The Morgan fingerprint density at radius 3 is 1.81 bits per heavy atom. The second-order valence-electron chi connectivity index (χ2n) is 6.76. The van der Waals surface area contributed by atoms with Gasteiger partial charge in [0, 0.05) is 6.54 Å². The number of hydrazine groups is 2. The van der Waals surface area contributed by atoms with E-state index in [1.165, 1.54) is 0 Å². The van der Waals surface area contributed by atoms with Crippen molar-refractivity contribution in [3.63, 3.8) is 0 Å². The summed E-state index contributed by atoms with van der Waals surface area (Å²) >= 11 is 0. The first-order chi connectivity index (χ1) is 14.6. The Hall–Kier alpha value is -1.90. The highest BCUT2D eigenvalue weighted by Crippen LogP contribution is 2.28. The van der Waals surface area contributed by atoms with Crippen LogP contribution in [-0.4, -0.2) is 117 Å². The van der Waals surface area contributed by atoms with Gasteiger partial charge < -0.3 is 54.9 Å². The van der Waals surface area contributed by atoms with Crippen LogP contribution in [0.3, 0.4) is 0 Å². The molecule has 0 bridgehead atoms. The van der Waals surface area contributed by atoms with E-state index in [0.29, 0.717) is 0 Å². The molecule has 31 heavy (non-hydrogen) atoms. The zero-order chi connectivity index (χ0) is 23.3. The zero-order valence-corrected chi connectivity index (χ0v) is 16.0. The molecule has 2 aliphatic rings. The summed E-state index contributed by atoms with van der Waals surface area (Å²) in [6.45, 7) is -0.947. The Balaban J connectivity index is 2.06. The SMILES string of the molecule is NNC(=O)NCC1O[C@H](O[C@H]2OC(COC(=O)NN)[C@@H](O)[C@H](O)C2O)C(O)[C@@H](O)[C@@H]1O. The van der Waals surface area contributed by atoms with Crippen LogP contribution in [0.25, 0.3) is 0 Å². The molecule has 2 fully saturated rings. The molecule has 2 heterocycles. The summed E-state index contributed by atoms with van der Waals surface area (Å²) in [4.78, 5) is 22.3. The quantitative estimate of drug-likeness (QED) is 0.100. The molecule has 0 spiro atoms. The van der Waals surface area contributed by atoms with E-state index in [4.69, 9.17) is 25.9 Å². The average molecular weight is 457 g/mol. The van der Waals surface area contributed by atoms with Crippen LogP contribution >= 0.6 is 0 Å². The number of nitrogens with one attached hydrogen (secondary N) is 3. The molecule has 0 radical (unpaired) electrons. The van der Waals surface area contributed by atoms with Gasteiger partial charge in [-0.15, -0.1) is 0 Å². The molecule has 0 aromatic rings. The van der Waals surface area contributed by atoms with Gasteiger partial charge in [-0.3, -0.25) is 10.9 Å². The Morgan fingerprint density at radius 2 is 1.29 bits per heavy atom. The predicted octanol–water partition coefficient (Wildman–Crippen LogP) is -6.61. The first-order valence-corrected chi connectivity index (χ1v) is 9.03. The third-order valence-corrected chi connectivity index (χ3v) is 4.70. The molecule has 4 unspecified atom stereocenters. The lowest BCUT2D eigenvalue weighted by Gasteiger charge is -2.44. The molecule has 0 aromatic carbocycles. The van der Waals surface area contributed by atoms with Crippen molar-refractivity contribution in [3.05, 3.63) is 0 Å². The third-order valence-electron chi connectivity index (χ3n) is 4.70. The van der Waals surface area contributed by atoms with Crippen LogP contribution in [0.4, 0.5) is 9.59 Å². The van der Waals surface area contributed by atoms with E-state index < -0.39 is 80.1 Å². The summed E-state index contributed by atoms with van der Waals surface area (Å²) in [5, 5.41) is 62.6. The number of hydrogen-bond acceptors (Lipinski definition) is 14. The number of urea groups is 1. The number of aliphatic hydroxyl groups excluding tert-OH is 6. The van der Waals surface area contributed by atoms with Crippen molar-refractivity contribution in [3.8, 4) is 0 Å². The van der Waals surface area contributed by atoms with Crippen LogP contribution in [0, 0.1) is 0 Å². The number of aliphatic hydroxyl groups is 6. The smallest absolute Gasteiger partial charge is 0.421 e. The lowest BCUT2D eigenvalue weighted by Crippen LogP contribution is -2.64. The number of carbonyl (C=O) groups excluding carboxylic acids is 2. The van der Waals surface area contributed by atoms with Gasteiger partial charge in [0.1, 0.15) is 55.4 Å². The summed E-state index contributed by atoms with van der Waals surface area (Å²) in [7, 11) is 0. The average Bonchev–Trinajstić information content (AvgIpc) is 2.77. The van der Waals surface area contributed by atoms with Gasteiger partial charge in [0.05, 0.1) is 0 Å². The van der Waals surface area contributed by atoms with Gasteiger partial charge in [-0.1, -0.05) is 0 Å². The molecule has 2 aliphatic heterocycles. The topological polar surface area (TPSA) is 281 Å². The Labute approximate surface area is 174 Å². The lowest BCUT2D eigenvalue weighted by molar-refractivity contribution is -0.374. The van der Waals surface area contributed by atoms with E-state index in [0.717, 1.165) is 0 Å². The highest BCUT2D eigenvalue weighted by molar-refractivity contribution is 5.73. The predicted molar refractivity (Wildman–Crippen MR) is 93.8 cm³/mol. The van der Waals surface area contributed by atoms with Gasteiger partial charge >= 0.3 is 12.1 Å². The fraction of sp³-hybridized carbons (Fsp3) is 0.857. The van der Waals surface area contributed by atoms with Crippen molar-refractivity contribution in [2.24, 2.45) is 11.7 Å². The molecule has 2 rings (SSSR count). The summed E-state index contributed by atoms with van der Waals surface area (Å²) < 4.78 is 20.5. The normalized spacial score (nSPS) is 40.6. The maximum Gasteiger partial charge on any atom is 0.421 e. The van der Waals surface area contributed by atoms with Gasteiger partial charge in [0.15, 0.2) is 12.6 Å². The molecule has 0 saturated carbocycles. The van der Waals surface area contributed by atoms with E-state index in [1.54, 1.807) is 10.9 Å². The lowest BCUT2D eigenvalue weighted by atomic mass is 9.98. The number of ether oxygens (including phenoxy) is 4. The highest BCUT2D eigenvalue weighted by atomic mass is 16.8. The monoisotopic (exact) mass is 457 g/mol. The molecule has 10 atom stereocenters. The summed E-state index contributed by atoms with van der Waals surface area (Å²) in [6, 6.07) is -0.818. The molecular weight excluding hydrogens is 430 g/mol. The van der Waals surface area contributed by atoms with Gasteiger partial charge in [-0.25, -0.2) is 21.3 Å². The Morgan fingerprint density at radius 1 is 0.774 bits per heavy atom. The van der Waals surface area contributed by atoms with E-state index in [2.05, 4.69) is 10.1 Å². The maximum atomic E-state index is 11.2. The minimum absolute atomic E-state index is 0.353. The zero-order valence-electron chi connectivity index (χ0n) is 16.0. The van der Waals surface area contributed by atoms with Gasteiger partial charge in [-0.05, 0) is 0 Å². The summed E-state index contributed by atoms with van der Waals surface area (Å²) in [6.07, 6.45) is -17.7. The van der Waals surface area contributed by atoms with Crippen molar-refractivity contribution in [1.29, 1.82) is 0 Å². The van der Waals surface area contributed by atoms with Crippen molar-refractivity contribution >= 4 is 12.1 Å². The van der Waals surface area contributed by atoms with Crippen LogP contribution in [0.1, 0.15) is 0 Å². The molecule has 3 amide bonds. The Kier molecular flexibility index (Phi) is 9.09. The van der Waals surface area contributed by atoms with Crippen LogP contribution in [0.5, 0.6) is 0 Å². The minimum atomic E-state index is -1.84. The molecule has 0 aromatic heterocycles. The van der Waals surface area contributed by atoms with E-state index in [1.807, 2.05) is 0 Å². The number of carbonyl (C=O) groups is 2. The molecule has 13 N–H and O–H groups in total. The van der Waals surface area contributed by atoms with Crippen molar-refractivity contribution < 1.29 is 59.2 Å². The maximum absolute atomic E-state index is 11.2. The largest absolute Gasteiger partial charge is 0.446 e. The van der Waals surface area contributed by atoms with Crippen LogP contribution in [-0.2, 0) is 18.9 Å². The van der Waals surface area contributed by atoms with Crippen LogP contribution in [0.2, 0.25) is 0 Å². The second kappa shape index (κ2) is 11.1. The van der Waals surface area contributed by atoms with Gasteiger partial charge in [-0.2, -0.15) is 0 Å². The molecule has 0 aliphatic carbocycles. The van der Waals surface area contributed by atoms with Crippen molar-refractivity contribution in [1.82, 2.24) is 16.2 Å². The summed E-state index contributed by atoms with van der Waals surface area (Å²) in [5.41, 5.74) is 3.45. The van der Waals surface area contributed by atoms with E-state index >= 15 is 0 Å². The number of hydrogen-bond donors (Lipinski definition) is 11. The van der Waals surface area contributed by atoms with E-state index in [9.17, 15) is 40.2 Å².